The van der Waals surface area contributed by atoms with Gasteiger partial charge in [-0.1, -0.05) is 48.6 Å². The number of hydrogen-bond acceptors (Lipinski definition) is 1. The lowest BCUT2D eigenvalue weighted by molar-refractivity contribution is 0.548. The van der Waals surface area contributed by atoms with Crippen molar-refractivity contribution in [2.75, 3.05) is 0 Å². The van der Waals surface area contributed by atoms with E-state index in [1.165, 1.54) is 16.7 Å². The lowest BCUT2D eigenvalue weighted by Gasteiger charge is -2.11. The maximum absolute atomic E-state index is 10.1. The summed E-state index contributed by atoms with van der Waals surface area (Å²) in [6.07, 6.45) is 2.97. The Morgan fingerprint density at radius 2 is 2.00 bits per heavy atom. The fourth-order valence-corrected chi connectivity index (χ4v) is 3.91. The molecule has 1 unspecified atom stereocenters. The number of hydrogen-bond donors (Lipinski definition) is 1. The molecule has 1 fully saturated rings. The van der Waals surface area contributed by atoms with Gasteiger partial charge in [0.25, 0.3) is 0 Å². The third kappa shape index (κ3) is 2.18. The first kappa shape index (κ1) is 11.4. The van der Waals surface area contributed by atoms with E-state index >= 15 is 0 Å². The highest BCUT2D eigenvalue weighted by Gasteiger charge is 2.45. The molecule has 0 radical (unpaired) electrons. The largest absolute Gasteiger partial charge is 0.432 e. The minimum Gasteiger partial charge on any atom is -0.432 e. The topological polar surface area (TPSA) is 20.2 Å². The van der Waals surface area contributed by atoms with Crippen molar-refractivity contribution in [2.45, 2.75) is 25.1 Å². The summed E-state index contributed by atoms with van der Waals surface area (Å²) in [7, 11) is -2.00. The fourth-order valence-electron chi connectivity index (χ4n) is 2.19. The van der Waals surface area contributed by atoms with Crippen LogP contribution in [0.15, 0.2) is 48.6 Å². The van der Waals surface area contributed by atoms with Crippen LogP contribution in [0.5, 0.6) is 0 Å². The Morgan fingerprint density at radius 3 is 2.44 bits per heavy atom. The molecule has 1 aromatic carbocycles. The van der Waals surface area contributed by atoms with Gasteiger partial charge in [-0.3, -0.25) is 0 Å². The van der Waals surface area contributed by atoms with Crippen molar-refractivity contribution in [3.63, 3.8) is 0 Å². The summed E-state index contributed by atoms with van der Waals surface area (Å²) in [5, 5.41) is 0. The van der Waals surface area contributed by atoms with Crippen LogP contribution < -0.4 is 0 Å². The molecule has 0 bridgehead atoms. The number of rotatable bonds is 3. The van der Waals surface area contributed by atoms with E-state index in [0.29, 0.717) is 5.54 Å². The molecule has 2 rings (SSSR count). The molecule has 1 atom stereocenters. The zero-order valence-corrected chi connectivity index (χ0v) is 10.9. The Balaban J connectivity index is 2.33. The van der Waals surface area contributed by atoms with Gasteiger partial charge in [0.15, 0.2) is 8.32 Å². The highest BCUT2D eigenvalue weighted by Crippen LogP contribution is 2.53. The Kier molecular flexibility index (Phi) is 2.87. The second kappa shape index (κ2) is 4.04. The molecule has 84 valence electrons. The van der Waals surface area contributed by atoms with E-state index in [-0.39, 0.29) is 0 Å². The summed E-state index contributed by atoms with van der Waals surface area (Å²) in [5.41, 5.74) is 4.26. The van der Waals surface area contributed by atoms with E-state index < -0.39 is 8.32 Å². The standard InChI is InChI=1S/C14H18OSi/c1-4-12(11-8-6-5-7-9-11)13-10-14(13)16(2,3)15/h4-9,14-15H,1,10H2,2-3H3/b13-12+. The van der Waals surface area contributed by atoms with Crippen LogP contribution in [-0.2, 0) is 0 Å². The maximum atomic E-state index is 10.1. The molecule has 1 aromatic rings. The van der Waals surface area contributed by atoms with Gasteiger partial charge in [0.2, 0.25) is 0 Å². The third-order valence-corrected chi connectivity index (χ3v) is 5.43. The van der Waals surface area contributed by atoms with E-state index in [1.54, 1.807) is 0 Å². The van der Waals surface area contributed by atoms with Crippen LogP contribution >= 0.6 is 0 Å². The van der Waals surface area contributed by atoms with E-state index in [0.717, 1.165) is 6.42 Å². The number of allylic oxidation sites excluding steroid dienone is 3. The first-order valence-corrected chi connectivity index (χ1v) is 8.69. The molecule has 0 saturated heterocycles. The van der Waals surface area contributed by atoms with Crippen LogP contribution in [-0.4, -0.2) is 13.1 Å². The van der Waals surface area contributed by atoms with Crippen LogP contribution in [0.4, 0.5) is 0 Å². The summed E-state index contributed by atoms with van der Waals surface area (Å²) in [6.45, 7) is 7.91. The summed E-state index contributed by atoms with van der Waals surface area (Å²) in [6, 6.07) is 10.3. The average molecular weight is 230 g/mol. The highest BCUT2D eigenvalue weighted by atomic mass is 28.4. The van der Waals surface area contributed by atoms with Gasteiger partial charge in [-0.15, -0.1) is 0 Å². The average Bonchev–Trinajstić information content (AvgIpc) is 3.00. The van der Waals surface area contributed by atoms with Crippen molar-refractivity contribution in [1.82, 2.24) is 0 Å². The van der Waals surface area contributed by atoms with Crippen molar-refractivity contribution in [2.24, 2.45) is 0 Å². The summed E-state index contributed by atoms with van der Waals surface area (Å²) >= 11 is 0. The van der Waals surface area contributed by atoms with Gasteiger partial charge in [0.1, 0.15) is 0 Å². The fraction of sp³-hybridized carbons (Fsp3) is 0.286. The molecular weight excluding hydrogens is 212 g/mol. The predicted octanol–water partition coefficient (Wildman–Crippen LogP) is 3.60. The SMILES string of the molecule is C=C/C(=C1/CC1[Si](C)(C)O)c1ccccc1. The van der Waals surface area contributed by atoms with Crippen molar-refractivity contribution < 1.29 is 4.80 Å². The van der Waals surface area contributed by atoms with E-state index in [1.807, 2.05) is 37.4 Å². The van der Waals surface area contributed by atoms with Crippen LogP contribution in [0, 0.1) is 0 Å². The minimum absolute atomic E-state index is 0.431. The molecule has 1 aliphatic carbocycles. The highest BCUT2D eigenvalue weighted by molar-refractivity contribution is 6.73. The van der Waals surface area contributed by atoms with E-state index in [4.69, 9.17) is 0 Å². The van der Waals surface area contributed by atoms with Gasteiger partial charge < -0.3 is 4.80 Å². The summed E-state index contributed by atoms with van der Waals surface area (Å²) in [4.78, 5) is 10.1. The lowest BCUT2D eigenvalue weighted by atomic mass is 10.1. The molecule has 1 saturated carbocycles. The van der Waals surface area contributed by atoms with Crippen molar-refractivity contribution >= 4 is 13.9 Å². The number of benzene rings is 1. The molecule has 1 aliphatic rings. The molecule has 0 aromatic heterocycles. The minimum atomic E-state index is -2.00. The van der Waals surface area contributed by atoms with Gasteiger partial charge in [-0.25, -0.2) is 0 Å². The quantitative estimate of drug-likeness (QED) is 0.787. The predicted molar refractivity (Wildman–Crippen MR) is 71.6 cm³/mol. The Bertz CT molecular complexity index is 426. The van der Waals surface area contributed by atoms with Crippen LogP contribution in [0.1, 0.15) is 12.0 Å². The van der Waals surface area contributed by atoms with Gasteiger partial charge in [-0.2, -0.15) is 0 Å². The Hall–Kier alpha value is -1.12. The molecule has 0 heterocycles. The first-order chi connectivity index (χ1) is 7.54. The molecule has 0 aliphatic heterocycles. The van der Waals surface area contributed by atoms with E-state index in [9.17, 15) is 4.80 Å². The first-order valence-electron chi connectivity index (χ1n) is 5.67. The molecule has 1 N–H and O–H groups in total. The molecule has 0 amide bonds. The second-order valence-corrected chi connectivity index (χ2v) is 8.92. The summed E-state index contributed by atoms with van der Waals surface area (Å²) in [5.74, 6) is 0. The molecule has 2 heteroatoms. The normalized spacial score (nSPS) is 22.8. The van der Waals surface area contributed by atoms with Crippen molar-refractivity contribution in [3.8, 4) is 0 Å². The molecule has 1 nitrogen and oxygen atoms in total. The van der Waals surface area contributed by atoms with Gasteiger partial charge in [0.05, 0.1) is 0 Å². The van der Waals surface area contributed by atoms with E-state index in [2.05, 4.69) is 18.7 Å². The van der Waals surface area contributed by atoms with Gasteiger partial charge in [0, 0.05) is 5.54 Å². The van der Waals surface area contributed by atoms with Crippen molar-refractivity contribution in [3.05, 3.63) is 54.1 Å². The van der Waals surface area contributed by atoms with Gasteiger partial charge in [-0.05, 0) is 30.7 Å². The Morgan fingerprint density at radius 1 is 1.38 bits per heavy atom. The van der Waals surface area contributed by atoms with Gasteiger partial charge >= 0.3 is 0 Å². The molecule has 0 spiro atoms. The maximum Gasteiger partial charge on any atom is 0.189 e. The monoisotopic (exact) mass is 230 g/mol. The molecular formula is C14H18OSi. The summed E-state index contributed by atoms with van der Waals surface area (Å²) < 4.78 is 0. The van der Waals surface area contributed by atoms with Crippen LogP contribution in [0.2, 0.25) is 18.6 Å². The Labute approximate surface area is 98.3 Å². The lowest BCUT2D eigenvalue weighted by Crippen LogP contribution is -2.25. The second-order valence-electron chi connectivity index (χ2n) is 4.92. The zero-order valence-electron chi connectivity index (χ0n) is 9.90. The smallest absolute Gasteiger partial charge is 0.189 e. The van der Waals surface area contributed by atoms with Crippen LogP contribution in [0.25, 0.3) is 5.57 Å². The zero-order chi connectivity index (χ0) is 11.8. The molecule has 16 heavy (non-hydrogen) atoms. The third-order valence-electron chi connectivity index (χ3n) is 3.17. The van der Waals surface area contributed by atoms with Crippen molar-refractivity contribution in [1.29, 1.82) is 0 Å². The van der Waals surface area contributed by atoms with Crippen LogP contribution in [0.3, 0.4) is 0 Å².